The number of ether oxygens (including phenoxy) is 1. The highest BCUT2D eigenvalue weighted by Gasteiger charge is 2.31. The number of hydrogen-bond acceptors (Lipinski definition) is 5. The molecule has 43 heavy (non-hydrogen) atoms. The quantitative estimate of drug-likeness (QED) is 0.215. The summed E-state index contributed by atoms with van der Waals surface area (Å²) in [5.41, 5.74) is 1.95. The lowest BCUT2D eigenvalue weighted by atomic mass is 10.0. The van der Waals surface area contributed by atoms with E-state index >= 15 is 0 Å². The molecule has 0 spiro atoms. The topological polar surface area (TPSA) is 96.0 Å². The van der Waals surface area contributed by atoms with E-state index < -0.39 is 16.1 Å². The number of anilines is 1. The van der Waals surface area contributed by atoms with Crippen LogP contribution in [-0.4, -0.2) is 57.1 Å². The Morgan fingerprint density at radius 3 is 2.33 bits per heavy atom. The number of benzene rings is 3. The SMILES string of the molecule is CC[C@@H](C)NC(=O)[C@@H](Cc1ccccc1)N(Cc1cccc(OC)c1)C(=O)CCCN(c1cc(Cl)ccc1Cl)S(C)(=O)=O. The van der Waals surface area contributed by atoms with Gasteiger partial charge in [0.2, 0.25) is 21.8 Å². The van der Waals surface area contributed by atoms with E-state index in [-0.39, 0.29) is 54.5 Å². The Labute approximate surface area is 265 Å². The lowest BCUT2D eigenvalue weighted by Gasteiger charge is -2.33. The summed E-state index contributed by atoms with van der Waals surface area (Å²) in [5.74, 6) is 0.0994. The normalized spacial score (nSPS) is 12.7. The van der Waals surface area contributed by atoms with Crippen LogP contribution in [0.4, 0.5) is 5.69 Å². The predicted molar refractivity (Wildman–Crippen MR) is 173 cm³/mol. The summed E-state index contributed by atoms with van der Waals surface area (Å²) in [5, 5.41) is 3.61. The second kappa shape index (κ2) is 16.0. The number of rotatable bonds is 15. The monoisotopic (exact) mass is 647 g/mol. The smallest absolute Gasteiger partial charge is 0.243 e. The first-order chi connectivity index (χ1) is 20.4. The molecule has 2 atom stereocenters. The minimum absolute atomic E-state index is 0.0000521. The Balaban J connectivity index is 1.93. The van der Waals surface area contributed by atoms with Gasteiger partial charge in [-0.15, -0.1) is 0 Å². The van der Waals surface area contributed by atoms with E-state index in [0.717, 1.165) is 28.1 Å². The molecule has 0 aliphatic rings. The maximum absolute atomic E-state index is 14.0. The van der Waals surface area contributed by atoms with Crippen molar-refractivity contribution >= 4 is 50.7 Å². The van der Waals surface area contributed by atoms with Crippen LogP contribution in [0.2, 0.25) is 10.0 Å². The number of methoxy groups -OCH3 is 1. The van der Waals surface area contributed by atoms with E-state index in [9.17, 15) is 18.0 Å². The highest BCUT2D eigenvalue weighted by Crippen LogP contribution is 2.31. The highest BCUT2D eigenvalue weighted by molar-refractivity contribution is 7.92. The molecular formula is C32H39Cl2N3O5S. The first-order valence-corrected chi connectivity index (χ1v) is 16.7. The average molecular weight is 649 g/mol. The number of nitrogens with one attached hydrogen (secondary N) is 1. The Kier molecular flexibility index (Phi) is 12.7. The molecule has 2 amide bonds. The van der Waals surface area contributed by atoms with Crippen LogP contribution in [0.1, 0.15) is 44.2 Å². The molecular weight excluding hydrogens is 609 g/mol. The van der Waals surface area contributed by atoms with Gasteiger partial charge < -0.3 is 15.0 Å². The van der Waals surface area contributed by atoms with Crippen molar-refractivity contribution in [2.24, 2.45) is 0 Å². The molecule has 0 aromatic heterocycles. The van der Waals surface area contributed by atoms with Crippen molar-refractivity contribution in [2.75, 3.05) is 24.2 Å². The van der Waals surface area contributed by atoms with Gasteiger partial charge in [-0.1, -0.05) is 72.6 Å². The third-order valence-corrected chi connectivity index (χ3v) is 8.82. The molecule has 0 unspecified atom stereocenters. The van der Waals surface area contributed by atoms with Crippen molar-refractivity contribution in [3.05, 3.63) is 94.0 Å². The van der Waals surface area contributed by atoms with Crippen LogP contribution in [0.3, 0.4) is 0 Å². The van der Waals surface area contributed by atoms with Gasteiger partial charge in [0.1, 0.15) is 11.8 Å². The summed E-state index contributed by atoms with van der Waals surface area (Å²) in [4.78, 5) is 29.3. The van der Waals surface area contributed by atoms with E-state index in [1.807, 2.05) is 68.4 Å². The van der Waals surface area contributed by atoms with Crippen LogP contribution in [0.25, 0.3) is 0 Å². The minimum Gasteiger partial charge on any atom is -0.497 e. The van der Waals surface area contributed by atoms with E-state index in [4.69, 9.17) is 27.9 Å². The van der Waals surface area contributed by atoms with Crippen molar-refractivity contribution < 1.29 is 22.7 Å². The lowest BCUT2D eigenvalue weighted by Crippen LogP contribution is -2.52. The molecule has 0 radical (unpaired) electrons. The minimum atomic E-state index is -3.73. The fourth-order valence-electron chi connectivity index (χ4n) is 4.62. The predicted octanol–water partition coefficient (Wildman–Crippen LogP) is 6.10. The average Bonchev–Trinajstić information content (AvgIpc) is 2.98. The standard InChI is InChI=1S/C32H39Cl2N3O5S/c1-5-23(2)35-32(39)30(20-24-11-7-6-8-12-24)36(22-25-13-9-14-27(19-25)42-3)31(38)15-10-18-37(43(4,40)41)29-21-26(33)16-17-28(29)34/h6-9,11-14,16-17,19,21,23,30H,5,10,15,18,20,22H2,1-4H3,(H,35,39)/t23-,30-/m1/s1. The largest absolute Gasteiger partial charge is 0.497 e. The number of sulfonamides is 1. The van der Waals surface area contributed by atoms with E-state index in [2.05, 4.69) is 5.32 Å². The van der Waals surface area contributed by atoms with Gasteiger partial charge in [-0.05, 0) is 61.2 Å². The summed E-state index contributed by atoms with van der Waals surface area (Å²) >= 11 is 12.4. The second-order valence-electron chi connectivity index (χ2n) is 10.4. The van der Waals surface area contributed by atoms with Crippen LogP contribution in [0.5, 0.6) is 5.75 Å². The van der Waals surface area contributed by atoms with E-state index in [0.29, 0.717) is 17.2 Å². The van der Waals surface area contributed by atoms with E-state index in [1.54, 1.807) is 18.1 Å². The van der Waals surface area contributed by atoms with Gasteiger partial charge >= 0.3 is 0 Å². The molecule has 8 nitrogen and oxygen atoms in total. The molecule has 0 fully saturated rings. The van der Waals surface area contributed by atoms with Gasteiger partial charge in [-0.2, -0.15) is 0 Å². The number of amides is 2. The van der Waals surface area contributed by atoms with Crippen molar-refractivity contribution in [3.8, 4) is 5.75 Å². The Morgan fingerprint density at radius 2 is 1.67 bits per heavy atom. The number of halogens is 2. The van der Waals surface area contributed by atoms with Crippen LogP contribution in [-0.2, 0) is 32.6 Å². The zero-order chi connectivity index (χ0) is 31.6. The molecule has 0 heterocycles. The fraction of sp³-hybridized carbons (Fsp3) is 0.375. The summed E-state index contributed by atoms with van der Waals surface area (Å²) in [6.45, 7) is 4.07. The molecule has 0 aliphatic heterocycles. The van der Waals surface area contributed by atoms with Crippen molar-refractivity contribution in [1.29, 1.82) is 0 Å². The second-order valence-corrected chi connectivity index (χ2v) is 13.2. The first-order valence-electron chi connectivity index (χ1n) is 14.1. The van der Waals surface area contributed by atoms with Crippen molar-refractivity contribution in [2.45, 2.75) is 58.2 Å². The van der Waals surface area contributed by atoms with Gasteiger partial charge in [0, 0.05) is 37.0 Å². The first kappa shape index (κ1) is 34.2. The maximum Gasteiger partial charge on any atom is 0.243 e. The van der Waals surface area contributed by atoms with Gasteiger partial charge in [0.25, 0.3) is 0 Å². The molecule has 0 bridgehead atoms. The number of nitrogens with zero attached hydrogens (tertiary/aromatic N) is 2. The lowest BCUT2D eigenvalue weighted by molar-refractivity contribution is -0.141. The molecule has 232 valence electrons. The Bertz CT molecular complexity index is 1490. The summed E-state index contributed by atoms with van der Waals surface area (Å²) in [7, 11) is -2.16. The molecule has 3 rings (SSSR count). The van der Waals surface area contributed by atoms with Gasteiger partial charge in [-0.3, -0.25) is 13.9 Å². The number of carbonyl (C=O) groups is 2. The summed E-state index contributed by atoms with van der Waals surface area (Å²) in [6, 6.07) is 20.6. The molecule has 3 aromatic carbocycles. The fourth-order valence-corrected chi connectivity index (χ4v) is 6.03. The highest BCUT2D eigenvalue weighted by atomic mass is 35.5. The summed E-state index contributed by atoms with van der Waals surface area (Å²) < 4.78 is 31.9. The van der Waals surface area contributed by atoms with Gasteiger partial charge in [0.15, 0.2) is 0 Å². The van der Waals surface area contributed by atoms with Crippen LogP contribution >= 0.6 is 23.2 Å². The zero-order valence-corrected chi connectivity index (χ0v) is 27.3. The Hall–Kier alpha value is -3.27. The van der Waals surface area contributed by atoms with E-state index in [1.165, 1.54) is 12.1 Å². The Morgan fingerprint density at radius 1 is 0.977 bits per heavy atom. The third-order valence-electron chi connectivity index (χ3n) is 7.09. The molecule has 11 heteroatoms. The van der Waals surface area contributed by atoms with Crippen LogP contribution in [0, 0.1) is 0 Å². The number of carbonyl (C=O) groups excluding carboxylic acids is 2. The molecule has 3 aromatic rings. The van der Waals surface area contributed by atoms with Gasteiger partial charge in [-0.25, -0.2) is 8.42 Å². The third kappa shape index (κ3) is 10.2. The molecule has 0 saturated carbocycles. The van der Waals surface area contributed by atoms with Gasteiger partial charge in [0.05, 0.1) is 24.1 Å². The van der Waals surface area contributed by atoms with Crippen LogP contribution in [0.15, 0.2) is 72.8 Å². The maximum atomic E-state index is 14.0. The van der Waals surface area contributed by atoms with Crippen molar-refractivity contribution in [3.63, 3.8) is 0 Å². The zero-order valence-electron chi connectivity index (χ0n) is 24.9. The van der Waals surface area contributed by atoms with Crippen LogP contribution < -0.4 is 14.4 Å². The molecule has 1 N–H and O–H groups in total. The number of hydrogen-bond donors (Lipinski definition) is 1. The summed E-state index contributed by atoms with van der Waals surface area (Å²) in [6.07, 6.45) is 2.31. The molecule has 0 aliphatic carbocycles. The molecule has 0 saturated heterocycles. The van der Waals surface area contributed by atoms with Crippen molar-refractivity contribution in [1.82, 2.24) is 10.2 Å².